The highest BCUT2D eigenvalue weighted by atomic mass is 15.1. The number of hydrogen-bond donors (Lipinski definition) is 1. The molecular weight excluding hydrogens is 316 g/mol. The molecule has 1 saturated heterocycles. The Morgan fingerprint density at radius 2 is 1.12 bits per heavy atom. The molecule has 0 atom stereocenters. The van der Waals surface area contributed by atoms with Gasteiger partial charge in [-0.3, -0.25) is 0 Å². The maximum absolute atomic E-state index is 3.70. The van der Waals surface area contributed by atoms with Gasteiger partial charge in [-0.2, -0.15) is 0 Å². The van der Waals surface area contributed by atoms with Gasteiger partial charge in [0.25, 0.3) is 0 Å². The summed E-state index contributed by atoms with van der Waals surface area (Å²) in [4.78, 5) is 2.69. The van der Waals surface area contributed by atoms with Crippen LogP contribution < -0.4 is 5.32 Å². The minimum atomic E-state index is 0.636. The van der Waals surface area contributed by atoms with Crippen molar-refractivity contribution in [3.05, 3.63) is 0 Å². The van der Waals surface area contributed by atoms with Crippen molar-refractivity contribution < 1.29 is 0 Å². The normalized spacial score (nSPS) is 16.6. The van der Waals surface area contributed by atoms with E-state index in [4.69, 9.17) is 0 Å². The molecule has 1 aliphatic rings. The Morgan fingerprint density at radius 3 is 1.54 bits per heavy atom. The molecule has 156 valence electrons. The molecule has 2 nitrogen and oxygen atoms in total. The van der Waals surface area contributed by atoms with E-state index in [0.29, 0.717) is 6.04 Å². The van der Waals surface area contributed by atoms with Gasteiger partial charge in [0.1, 0.15) is 0 Å². The number of piperidine rings is 1. The molecule has 0 amide bonds. The van der Waals surface area contributed by atoms with Crippen LogP contribution in [0.2, 0.25) is 0 Å². The van der Waals surface area contributed by atoms with Crippen LogP contribution in [0.5, 0.6) is 0 Å². The van der Waals surface area contributed by atoms with Gasteiger partial charge < -0.3 is 10.2 Å². The van der Waals surface area contributed by atoms with Gasteiger partial charge >= 0.3 is 0 Å². The van der Waals surface area contributed by atoms with Gasteiger partial charge in [0, 0.05) is 12.1 Å². The van der Waals surface area contributed by atoms with Gasteiger partial charge in [0.2, 0.25) is 0 Å². The molecule has 0 radical (unpaired) electrons. The fourth-order valence-corrected chi connectivity index (χ4v) is 4.32. The summed E-state index contributed by atoms with van der Waals surface area (Å²) in [6.07, 6.45) is 23.1. The third kappa shape index (κ3) is 14.0. The third-order valence-electron chi connectivity index (χ3n) is 5.98. The Bertz CT molecular complexity index is 282. The molecule has 1 heterocycles. The van der Waals surface area contributed by atoms with Crippen LogP contribution in [0.4, 0.5) is 0 Å². The lowest BCUT2D eigenvalue weighted by Crippen LogP contribution is -2.44. The quantitative estimate of drug-likeness (QED) is 0.281. The average Bonchev–Trinajstić information content (AvgIpc) is 2.63. The SMILES string of the molecule is CCCCCCCCCCCCCCCCN1CCC(NC(C)C)CC1. The zero-order chi connectivity index (χ0) is 18.9. The lowest BCUT2D eigenvalue weighted by Gasteiger charge is -2.33. The Morgan fingerprint density at radius 1 is 0.692 bits per heavy atom. The predicted molar refractivity (Wildman–Crippen MR) is 118 cm³/mol. The average molecular weight is 367 g/mol. The van der Waals surface area contributed by atoms with Crippen molar-refractivity contribution in [3.63, 3.8) is 0 Å². The van der Waals surface area contributed by atoms with E-state index in [-0.39, 0.29) is 0 Å². The van der Waals surface area contributed by atoms with Gasteiger partial charge in [-0.05, 0) is 38.9 Å². The smallest absolute Gasteiger partial charge is 0.00937 e. The second-order valence-corrected chi connectivity index (χ2v) is 9.03. The molecule has 26 heavy (non-hydrogen) atoms. The molecule has 0 aliphatic carbocycles. The number of rotatable bonds is 17. The summed E-state index contributed by atoms with van der Waals surface area (Å²) < 4.78 is 0. The van der Waals surface area contributed by atoms with Gasteiger partial charge in [0.05, 0.1) is 0 Å². The van der Waals surface area contributed by atoms with Crippen molar-refractivity contribution in [1.29, 1.82) is 0 Å². The number of nitrogens with zero attached hydrogens (tertiary/aromatic N) is 1. The van der Waals surface area contributed by atoms with E-state index in [1.807, 2.05) is 0 Å². The summed E-state index contributed by atoms with van der Waals surface area (Å²) in [5.41, 5.74) is 0. The van der Waals surface area contributed by atoms with E-state index in [1.54, 1.807) is 0 Å². The van der Waals surface area contributed by atoms with Gasteiger partial charge in [-0.15, -0.1) is 0 Å². The zero-order valence-corrected chi connectivity index (χ0v) is 18.5. The van der Waals surface area contributed by atoms with E-state index in [2.05, 4.69) is 31.0 Å². The predicted octanol–water partition coefficient (Wildman–Crippen LogP) is 6.93. The van der Waals surface area contributed by atoms with Crippen LogP contribution in [-0.2, 0) is 0 Å². The first-order valence-electron chi connectivity index (χ1n) is 12.2. The molecule has 0 saturated carbocycles. The van der Waals surface area contributed by atoms with Crippen LogP contribution in [0.15, 0.2) is 0 Å². The van der Waals surface area contributed by atoms with Crippen LogP contribution in [0.3, 0.4) is 0 Å². The van der Waals surface area contributed by atoms with Gasteiger partial charge in [-0.25, -0.2) is 0 Å². The molecule has 0 aromatic heterocycles. The fraction of sp³-hybridized carbons (Fsp3) is 1.00. The van der Waals surface area contributed by atoms with E-state index in [9.17, 15) is 0 Å². The second kappa shape index (κ2) is 17.0. The molecule has 1 aliphatic heterocycles. The van der Waals surface area contributed by atoms with E-state index >= 15 is 0 Å². The standard InChI is InChI=1S/C24H50N2/c1-4-5-6-7-8-9-10-11-12-13-14-15-16-17-20-26-21-18-24(19-22-26)25-23(2)3/h23-25H,4-22H2,1-3H3. The molecule has 2 heteroatoms. The molecule has 1 N–H and O–H groups in total. The van der Waals surface area contributed by atoms with E-state index in [1.165, 1.54) is 122 Å². The summed E-state index contributed by atoms with van der Waals surface area (Å²) >= 11 is 0. The molecule has 0 aromatic rings. The number of hydrogen-bond acceptors (Lipinski definition) is 2. The molecule has 0 bridgehead atoms. The Balaban J connectivity index is 1.76. The fourth-order valence-electron chi connectivity index (χ4n) is 4.32. The summed E-state index contributed by atoms with van der Waals surface area (Å²) in [5.74, 6) is 0. The summed E-state index contributed by atoms with van der Waals surface area (Å²) in [7, 11) is 0. The highest BCUT2D eigenvalue weighted by molar-refractivity contribution is 4.78. The first-order valence-corrected chi connectivity index (χ1v) is 12.2. The lowest BCUT2D eigenvalue weighted by atomic mass is 10.0. The molecular formula is C24H50N2. The minimum Gasteiger partial charge on any atom is -0.312 e. The monoisotopic (exact) mass is 366 g/mol. The van der Waals surface area contributed by atoms with E-state index in [0.717, 1.165) is 6.04 Å². The number of unbranched alkanes of at least 4 members (excludes halogenated alkanes) is 13. The van der Waals surface area contributed by atoms with Crippen molar-refractivity contribution in [2.45, 2.75) is 136 Å². The summed E-state index contributed by atoms with van der Waals surface area (Å²) in [6.45, 7) is 10.8. The van der Waals surface area contributed by atoms with Crippen LogP contribution in [0, 0.1) is 0 Å². The Kier molecular flexibility index (Phi) is 15.7. The summed E-state index contributed by atoms with van der Waals surface area (Å²) in [6, 6.07) is 1.40. The van der Waals surface area contributed by atoms with Crippen molar-refractivity contribution >= 4 is 0 Å². The molecule has 0 aromatic carbocycles. The number of likely N-dealkylation sites (tertiary alicyclic amines) is 1. The van der Waals surface area contributed by atoms with Crippen molar-refractivity contribution in [2.24, 2.45) is 0 Å². The number of nitrogens with one attached hydrogen (secondary N) is 1. The maximum Gasteiger partial charge on any atom is 0.00937 e. The molecule has 1 rings (SSSR count). The topological polar surface area (TPSA) is 15.3 Å². The van der Waals surface area contributed by atoms with Gasteiger partial charge in [0.15, 0.2) is 0 Å². The van der Waals surface area contributed by atoms with E-state index < -0.39 is 0 Å². The highest BCUT2D eigenvalue weighted by Crippen LogP contribution is 2.15. The maximum atomic E-state index is 3.70. The highest BCUT2D eigenvalue weighted by Gasteiger charge is 2.18. The van der Waals surface area contributed by atoms with Crippen LogP contribution in [0.25, 0.3) is 0 Å². The van der Waals surface area contributed by atoms with Gasteiger partial charge in [-0.1, -0.05) is 104 Å². The van der Waals surface area contributed by atoms with Crippen LogP contribution in [0.1, 0.15) is 124 Å². The van der Waals surface area contributed by atoms with Crippen LogP contribution >= 0.6 is 0 Å². The third-order valence-corrected chi connectivity index (χ3v) is 5.98. The van der Waals surface area contributed by atoms with Crippen LogP contribution in [-0.4, -0.2) is 36.6 Å². The Labute approximate surface area is 165 Å². The second-order valence-electron chi connectivity index (χ2n) is 9.03. The van der Waals surface area contributed by atoms with Crippen molar-refractivity contribution in [1.82, 2.24) is 10.2 Å². The Hall–Kier alpha value is -0.0800. The van der Waals surface area contributed by atoms with Crippen molar-refractivity contribution in [2.75, 3.05) is 19.6 Å². The molecule has 0 spiro atoms. The molecule has 1 fully saturated rings. The first-order chi connectivity index (χ1) is 12.7. The summed E-state index contributed by atoms with van der Waals surface area (Å²) in [5, 5.41) is 3.70. The first kappa shape index (κ1) is 24.0. The van der Waals surface area contributed by atoms with Crippen molar-refractivity contribution in [3.8, 4) is 0 Å². The minimum absolute atomic E-state index is 0.636. The molecule has 0 unspecified atom stereocenters. The lowest BCUT2D eigenvalue weighted by molar-refractivity contribution is 0.190. The largest absolute Gasteiger partial charge is 0.312 e. The zero-order valence-electron chi connectivity index (χ0n) is 18.5.